The summed E-state index contributed by atoms with van der Waals surface area (Å²) in [5.74, 6) is -0.885. The molecule has 0 amide bonds. The largest absolute Gasteiger partial charge is 0.462 e. The van der Waals surface area contributed by atoms with E-state index in [0.717, 1.165) is 30.7 Å². The van der Waals surface area contributed by atoms with Crippen LogP contribution in [0.5, 0.6) is 6.01 Å². The van der Waals surface area contributed by atoms with Crippen LogP contribution in [0.3, 0.4) is 0 Å². The number of nitrogens with zero attached hydrogens (tertiary/aromatic N) is 6. The Morgan fingerprint density at radius 2 is 1.88 bits per heavy atom. The maximum absolute atomic E-state index is 17.4. The van der Waals surface area contributed by atoms with E-state index in [-0.39, 0.29) is 76.6 Å². The zero-order valence-electron chi connectivity index (χ0n) is 26.7. The number of likely N-dealkylation sites (N-methyl/N-ethyl adjacent to an activating group) is 1. The van der Waals surface area contributed by atoms with Crippen molar-refractivity contribution < 1.29 is 28.5 Å². The molecular weight excluding hydrogens is 640 g/mol. The minimum absolute atomic E-state index is 0.00123. The first-order valence-corrected chi connectivity index (χ1v) is 17.2. The molecule has 8 rings (SSSR count). The van der Waals surface area contributed by atoms with Crippen LogP contribution in [0.25, 0.3) is 32.1 Å². The fourth-order valence-electron chi connectivity index (χ4n) is 8.29. The van der Waals surface area contributed by atoms with E-state index in [0.29, 0.717) is 53.1 Å². The lowest BCUT2D eigenvalue weighted by Gasteiger charge is -2.42. The molecule has 4 aliphatic heterocycles. The van der Waals surface area contributed by atoms with Crippen molar-refractivity contribution in [2.24, 2.45) is 0 Å². The van der Waals surface area contributed by atoms with Gasteiger partial charge in [0.2, 0.25) is 0 Å². The molecule has 0 aliphatic carbocycles. The van der Waals surface area contributed by atoms with Gasteiger partial charge in [0, 0.05) is 59.5 Å². The molecule has 4 N–H and O–H groups in total. The number of nitrogens with two attached hydrogens (primary N) is 1. The summed E-state index contributed by atoms with van der Waals surface area (Å²) in [4.78, 5) is 16.1. The topological polar surface area (TPSA) is 144 Å². The zero-order valence-corrected chi connectivity index (χ0v) is 27.6. The molecule has 11 nitrogen and oxygen atoms in total. The normalized spacial score (nSPS) is 24.9. The summed E-state index contributed by atoms with van der Waals surface area (Å²) in [5.41, 5.74) is 7.40. The molecule has 2 aromatic carbocycles. The molecule has 48 heavy (non-hydrogen) atoms. The molecule has 4 aromatic rings. The Kier molecular flexibility index (Phi) is 7.89. The lowest BCUT2D eigenvalue weighted by Crippen LogP contribution is -2.55. The van der Waals surface area contributed by atoms with Gasteiger partial charge in [-0.2, -0.15) is 15.2 Å². The van der Waals surface area contributed by atoms with Crippen LogP contribution >= 0.6 is 11.3 Å². The number of halogens is 2. The molecule has 3 unspecified atom stereocenters. The average molecular weight is 678 g/mol. The molecule has 2 bridgehead atoms. The number of fused-ring (bicyclic) bond motifs is 6. The van der Waals surface area contributed by atoms with E-state index in [1.54, 1.807) is 13.0 Å². The highest BCUT2D eigenvalue weighted by atomic mass is 32.1. The van der Waals surface area contributed by atoms with Gasteiger partial charge in [-0.3, -0.25) is 9.80 Å². The van der Waals surface area contributed by atoms with E-state index in [1.807, 2.05) is 11.9 Å². The summed E-state index contributed by atoms with van der Waals surface area (Å²) in [7, 11) is 1.92. The van der Waals surface area contributed by atoms with E-state index in [2.05, 4.69) is 20.9 Å². The number of piperazine rings is 1. The molecule has 14 heteroatoms. The lowest BCUT2D eigenvalue weighted by molar-refractivity contribution is 0.0869. The number of rotatable bonds is 7. The molecular formula is C34H37F2N7O4S. The second-order valence-electron chi connectivity index (χ2n) is 13.5. The number of ether oxygens (including phenoxy) is 2. The van der Waals surface area contributed by atoms with Gasteiger partial charge < -0.3 is 30.3 Å². The molecule has 3 saturated heterocycles. The smallest absolute Gasteiger partial charge is 0.319 e. The number of β-amino-alcohol motifs (C(OH)–C–C–N with tert-alkyl or cyclic N) is 1. The number of aliphatic hydroxyl groups is 2. The lowest BCUT2D eigenvalue weighted by atomic mass is 9.90. The highest BCUT2D eigenvalue weighted by Gasteiger charge is 2.43. The molecule has 6 heterocycles. The van der Waals surface area contributed by atoms with Crippen LogP contribution in [0.4, 0.5) is 19.6 Å². The van der Waals surface area contributed by atoms with E-state index < -0.39 is 23.8 Å². The Balaban J connectivity index is 1.34. The van der Waals surface area contributed by atoms with Crippen LogP contribution in [-0.2, 0) is 18.0 Å². The van der Waals surface area contributed by atoms with Crippen molar-refractivity contribution in [3.63, 3.8) is 0 Å². The van der Waals surface area contributed by atoms with Crippen LogP contribution in [0.15, 0.2) is 12.1 Å². The van der Waals surface area contributed by atoms with E-state index >= 15 is 8.78 Å². The Labute approximate surface area is 280 Å². The Hall–Kier alpha value is -3.71. The summed E-state index contributed by atoms with van der Waals surface area (Å²) < 4.78 is 46.0. The highest BCUT2D eigenvalue weighted by Crippen LogP contribution is 2.49. The van der Waals surface area contributed by atoms with Gasteiger partial charge >= 0.3 is 6.01 Å². The number of thiophene rings is 1. The third kappa shape index (κ3) is 4.98. The van der Waals surface area contributed by atoms with Gasteiger partial charge in [0.25, 0.3) is 0 Å². The number of hydrogen-bond acceptors (Lipinski definition) is 12. The van der Waals surface area contributed by atoms with Gasteiger partial charge in [-0.15, -0.1) is 11.3 Å². The predicted molar refractivity (Wildman–Crippen MR) is 178 cm³/mol. The van der Waals surface area contributed by atoms with Gasteiger partial charge in [-0.25, -0.2) is 8.78 Å². The molecule has 0 spiro atoms. The first-order chi connectivity index (χ1) is 23.1. The van der Waals surface area contributed by atoms with Crippen molar-refractivity contribution in [2.45, 2.75) is 69.7 Å². The number of nitriles is 1. The van der Waals surface area contributed by atoms with Crippen molar-refractivity contribution >= 4 is 43.1 Å². The van der Waals surface area contributed by atoms with Gasteiger partial charge in [0.15, 0.2) is 5.82 Å². The van der Waals surface area contributed by atoms with E-state index in [4.69, 9.17) is 20.2 Å². The monoisotopic (exact) mass is 677 g/mol. The highest BCUT2D eigenvalue weighted by molar-refractivity contribution is 7.23. The first kappa shape index (κ1) is 31.6. The van der Waals surface area contributed by atoms with Crippen LogP contribution in [0, 0.1) is 23.0 Å². The summed E-state index contributed by atoms with van der Waals surface area (Å²) >= 11 is 1.16. The van der Waals surface area contributed by atoms with Crippen molar-refractivity contribution in [2.75, 3.05) is 50.5 Å². The third-order valence-electron chi connectivity index (χ3n) is 10.4. The number of benzene rings is 2. The number of hydrogen-bond donors (Lipinski definition) is 3. The Morgan fingerprint density at radius 3 is 2.56 bits per heavy atom. The fraction of sp³-hybridized carbons (Fsp3) is 0.500. The minimum atomic E-state index is -0.749. The quantitative estimate of drug-likeness (QED) is 0.263. The molecule has 2 aromatic heterocycles. The van der Waals surface area contributed by atoms with Crippen LogP contribution in [-0.4, -0.2) is 100 Å². The maximum Gasteiger partial charge on any atom is 0.319 e. The molecule has 5 atom stereocenters. The van der Waals surface area contributed by atoms with Gasteiger partial charge in [-0.05, 0) is 56.5 Å². The zero-order chi connectivity index (χ0) is 33.4. The molecule has 3 fully saturated rings. The average Bonchev–Trinajstić information content (AvgIpc) is 3.80. The summed E-state index contributed by atoms with van der Waals surface area (Å²) in [6, 6.07) is 4.74. The maximum atomic E-state index is 17.4. The van der Waals surface area contributed by atoms with Crippen LogP contribution in [0.2, 0.25) is 0 Å². The molecule has 0 radical (unpaired) electrons. The second-order valence-corrected chi connectivity index (χ2v) is 14.6. The van der Waals surface area contributed by atoms with E-state index in [9.17, 15) is 15.5 Å². The summed E-state index contributed by atoms with van der Waals surface area (Å²) in [6.07, 6.45) is 1.40. The Morgan fingerprint density at radius 1 is 1.12 bits per heavy atom. The first-order valence-electron chi connectivity index (χ1n) is 16.4. The number of likely N-dealkylation sites (tertiary alicyclic amines) is 2. The van der Waals surface area contributed by atoms with Gasteiger partial charge in [0.05, 0.1) is 42.4 Å². The minimum Gasteiger partial charge on any atom is -0.462 e. The Bertz CT molecular complexity index is 1960. The van der Waals surface area contributed by atoms with E-state index in [1.165, 1.54) is 6.07 Å². The molecule has 252 valence electrons. The SMILES string of the molecule is CC(O)CN1CC2CCC(C1)N2c1nc(OC[C@@H]2[C@@H](O)CCN2C)nc2c(F)c(-c3c(F)ccc4sc(N)c(C#N)c34)c3c(c12)COC3. The second kappa shape index (κ2) is 12.0. The van der Waals surface area contributed by atoms with Gasteiger partial charge in [0.1, 0.15) is 34.8 Å². The predicted octanol–water partition coefficient (Wildman–Crippen LogP) is 3.75. The number of aliphatic hydroxyl groups excluding tert-OH is 2. The number of aromatic nitrogens is 2. The molecule has 0 saturated carbocycles. The summed E-state index contributed by atoms with van der Waals surface area (Å²) in [6.45, 7) is 4.80. The standard InChI is InChI=1S/C34H37F2N7O4S/c1-16(44)10-42-11-17-3-4-18(12-42)43(17)33-28-21-14-46-13-20(21)27(29-22(35)5-6-25-26(29)19(9-37)32(38)48-25)30(36)31(28)39-34(40-33)47-15-23-24(45)7-8-41(23)2/h5-6,16-18,23-24,44-45H,3-4,7-8,10-15,38H2,1-2H3/t16?,17?,18?,23-,24+/m1/s1. The number of anilines is 2. The fourth-order valence-corrected chi connectivity index (χ4v) is 9.22. The summed E-state index contributed by atoms with van der Waals surface area (Å²) in [5, 5.41) is 31.7. The third-order valence-corrected chi connectivity index (χ3v) is 11.4. The van der Waals surface area contributed by atoms with Crippen molar-refractivity contribution in [3.05, 3.63) is 40.5 Å². The van der Waals surface area contributed by atoms with Crippen LogP contribution < -0.4 is 15.4 Å². The van der Waals surface area contributed by atoms with Crippen molar-refractivity contribution in [3.8, 4) is 23.2 Å². The van der Waals surface area contributed by atoms with Crippen molar-refractivity contribution in [1.82, 2.24) is 19.8 Å². The number of nitrogen functional groups attached to an aromatic ring is 1. The van der Waals surface area contributed by atoms with Gasteiger partial charge in [-0.1, -0.05) is 0 Å². The van der Waals surface area contributed by atoms with Crippen molar-refractivity contribution in [1.29, 1.82) is 5.26 Å². The molecule has 4 aliphatic rings. The van der Waals surface area contributed by atoms with Crippen LogP contribution in [0.1, 0.15) is 42.9 Å².